The van der Waals surface area contributed by atoms with Gasteiger partial charge < -0.3 is 10.4 Å². The summed E-state index contributed by atoms with van der Waals surface area (Å²) in [5.74, 6) is 0.127. The maximum Gasteiger partial charge on any atom is 0.254 e. The molecule has 0 fully saturated rings. The summed E-state index contributed by atoms with van der Waals surface area (Å²) in [6.07, 6.45) is 2.98. The molecule has 0 aliphatic rings. The lowest BCUT2D eigenvalue weighted by molar-refractivity contribution is 0.0939. The number of nitrogens with zero attached hydrogens (tertiary/aromatic N) is 2. The molecule has 0 aliphatic heterocycles. The molecule has 1 aromatic heterocycles. The molecule has 3 aromatic rings. The largest absolute Gasteiger partial charge is 0.508 e. The summed E-state index contributed by atoms with van der Waals surface area (Å²) in [4.78, 5) is 12.7. The number of hydrogen-bond acceptors (Lipinski definition) is 3. The van der Waals surface area contributed by atoms with Crippen LogP contribution in [0.25, 0.3) is 0 Å². The van der Waals surface area contributed by atoms with Crippen LogP contribution in [0.15, 0.2) is 60.8 Å². The molecule has 5 heteroatoms. The van der Waals surface area contributed by atoms with Crippen molar-refractivity contribution in [2.45, 2.75) is 25.8 Å². The Balaban J connectivity index is 1.69. The van der Waals surface area contributed by atoms with Gasteiger partial charge in [-0.05, 0) is 36.6 Å². The number of aromatic hydroxyl groups is 1. The van der Waals surface area contributed by atoms with Gasteiger partial charge in [0.05, 0.1) is 17.5 Å². The second kappa shape index (κ2) is 7.87. The molecule has 134 valence electrons. The number of rotatable bonds is 6. The Morgan fingerprint density at radius 1 is 1.12 bits per heavy atom. The molecular formula is C21H23N3O2. The number of amides is 1. The topological polar surface area (TPSA) is 67.2 Å². The monoisotopic (exact) mass is 349 g/mol. The maximum absolute atomic E-state index is 12.7. The van der Waals surface area contributed by atoms with Crippen LogP contribution < -0.4 is 5.32 Å². The lowest BCUT2D eigenvalue weighted by Gasteiger charge is -2.14. The van der Waals surface area contributed by atoms with Gasteiger partial charge in [-0.1, -0.05) is 42.5 Å². The van der Waals surface area contributed by atoms with Crippen LogP contribution in [-0.4, -0.2) is 26.8 Å². The minimum absolute atomic E-state index is 0.0307. The zero-order valence-corrected chi connectivity index (χ0v) is 15.0. The van der Waals surface area contributed by atoms with Crippen molar-refractivity contribution < 1.29 is 9.90 Å². The lowest BCUT2D eigenvalue weighted by Crippen LogP contribution is -2.34. The fourth-order valence-electron chi connectivity index (χ4n) is 2.99. The van der Waals surface area contributed by atoms with Crippen molar-refractivity contribution in [3.63, 3.8) is 0 Å². The van der Waals surface area contributed by atoms with Gasteiger partial charge in [0, 0.05) is 19.5 Å². The molecule has 1 amide bonds. The molecule has 26 heavy (non-hydrogen) atoms. The third-order valence-corrected chi connectivity index (χ3v) is 4.38. The van der Waals surface area contributed by atoms with Gasteiger partial charge in [0.2, 0.25) is 0 Å². The number of aromatic nitrogens is 2. The summed E-state index contributed by atoms with van der Waals surface area (Å²) in [5.41, 5.74) is 3.70. The Hall–Kier alpha value is -3.08. The van der Waals surface area contributed by atoms with Crippen LogP contribution in [0.5, 0.6) is 5.75 Å². The number of nitrogens with one attached hydrogen (secondary N) is 1. The number of carbonyl (C=O) groups is 1. The molecule has 0 aliphatic carbocycles. The van der Waals surface area contributed by atoms with Crippen molar-refractivity contribution in [2.75, 3.05) is 0 Å². The highest BCUT2D eigenvalue weighted by atomic mass is 16.3. The van der Waals surface area contributed by atoms with Gasteiger partial charge in [0.15, 0.2) is 0 Å². The summed E-state index contributed by atoms with van der Waals surface area (Å²) in [6.45, 7) is 1.97. The standard InChI is InChI=1S/C21H23N3O2/c1-15(12-17-8-10-18(25)11-9-17)23-21(26)19-14-22-24(2)20(19)13-16-6-4-3-5-7-16/h3-11,14-15,25H,12-13H2,1-2H3,(H,23,26). The Morgan fingerprint density at radius 3 is 2.50 bits per heavy atom. The fourth-order valence-corrected chi connectivity index (χ4v) is 2.99. The molecular weight excluding hydrogens is 326 g/mol. The van der Waals surface area contributed by atoms with E-state index in [0.717, 1.165) is 16.8 Å². The Bertz CT molecular complexity index is 870. The van der Waals surface area contributed by atoms with Crippen molar-refractivity contribution in [1.82, 2.24) is 15.1 Å². The second-order valence-electron chi connectivity index (χ2n) is 6.54. The van der Waals surface area contributed by atoms with E-state index in [1.807, 2.05) is 56.4 Å². The van der Waals surface area contributed by atoms with Gasteiger partial charge in [0.1, 0.15) is 5.75 Å². The number of phenols is 1. The molecule has 5 nitrogen and oxygen atoms in total. The average molecular weight is 349 g/mol. The third-order valence-electron chi connectivity index (χ3n) is 4.38. The summed E-state index contributed by atoms with van der Waals surface area (Å²) < 4.78 is 1.76. The first-order valence-electron chi connectivity index (χ1n) is 8.66. The Morgan fingerprint density at radius 2 is 1.81 bits per heavy atom. The SMILES string of the molecule is CC(Cc1ccc(O)cc1)NC(=O)c1cnn(C)c1Cc1ccccc1. The first-order valence-corrected chi connectivity index (χ1v) is 8.66. The predicted molar refractivity (Wildman–Crippen MR) is 101 cm³/mol. The zero-order chi connectivity index (χ0) is 18.5. The number of phenolic OH excluding ortho intramolecular Hbond substituents is 1. The van der Waals surface area contributed by atoms with Gasteiger partial charge in [-0.25, -0.2) is 0 Å². The molecule has 3 rings (SSSR count). The van der Waals surface area contributed by atoms with Crippen molar-refractivity contribution in [1.29, 1.82) is 0 Å². The molecule has 1 unspecified atom stereocenters. The number of hydrogen-bond donors (Lipinski definition) is 2. The van der Waals surface area contributed by atoms with Gasteiger partial charge >= 0.3 is 0 Å². The molecule has 0 bridgehead atoms. The highest BCUT2D eigenvalue weighted by molar-refractivity contribution is 5.95. The highest BCUT2D eigenvalue weighted by Gasteiger charge is 2.18. The highest BCUT2D eigenvalue weighted by Crippen LogP contribution is 2.15. The van der Waals surface area contributed by atoms with Crippen molar-refractivity contribution >= 4 is 5.91 Å². The smallest absolute Gasteiger partial charge is 0.254 e. The molecule has 0 radical (unpaired) electrons. The summed E-state index contributed by atoms with van der Waals surface area (Å²) in [7, 11) is 1.86. The molecule has 0 saturated heterocycles. The van der Waals surface area contributed by atoms with Crippen molar-refractivity contribution in [2.24, 2.45) is 7.05 Å². The van der Waals surface area contributed by atoms with Gasteiger partial charge in [-0.3, -0.25) is 9.48 Å². The third kappa shape index (κ3) is 4.30. The number of benzene rings is 2. The van der Waals surface area contributed by atoms with Crippen molar-refractivity contribution in [3.8, 4) is 5.75 Å². The second-order valence-corrected chi connectivity index (χ2v) is 6.54. The molecule has 1 atom stereocenters. The van der Waals surface area contributed by atoms with E-state index in [1.54, 1.807) is 23.0 Å². The molecule has 2 aromatic carbocycles. The molecule has 1 heterocycles. The average Bonchev–Trinajstić information content (AvgIpc) is 2.98. The summed E-state index contributed by atoms with van der Waals surface area (Å²) in [6, 6.07) is 17.1. The van der Waals surface area contributed by atoms with Gasteiger partial charge in [0.25, 0.3) is 5.91 Å². The zero-order valence-electron chi connectivity index (χ0n) is 15.0. The normalized spacial score (nSPS) is 11.9. The molecule has 0 spiro atoms. The Kier molecular flexibility index (Phi) is 5.37. The first-order chi connectivity index (χ1) is 12.5. The van der Waals surface area contributed by atoms with Crippen LogP contribution in [0.3, 0.4) is 0 Å². The van der Waals surface area contributed by atoms with Crippen LogP contribution in [0.1, 0.15) is 34.1 Å². The quantitative estimate of drug-likeness (QED) is 0.719. The van der Waals surface area contributed by atoms with E-state index in [1.165, 1.54) is 0 Å². The van der Waals surface area contributed by atoms with Crippen LogP contribution in [-0.2, 0) is 19.9 Å². The summed E-state index contributed by atoms with van der Waals surface area (Å²) >= 11 is 0. The van der Waals surface area contributed by atoms with E-state index in [-0.39, 0.29) is 17.7 Å². The van der Waals surface area contributed by atoms with Crippen LogP contribution in [0.2, 0.25) is 0 Å². The van der Waals surface area contributed by atoms with Crippen LogP contribution in [0.4, 0.5) is 0 Å². The summed E-state index contributed by atoms with van der Waals surface area (Å²) in [5, 5.41) is 16.7. The minimum atomic E-state index is -0.115. The van der Waals surface area contributed by atoms with E-state index in [0.29, 0.717) is 18.4 Å². The van der Waals surface area contributed by atoms with E-state index >= 15 is 0 Å². The van der Waals surface area contributed by atoms with Crippen LogP contribution >= 0.6 is 0 Å². The van der Waals surface area contributed by atoms with E-state index in [2.05, 4.69) is 10.4 Å². The fraction of sp³-hybridized carbons (Fsp3) is 0.238. The molecule has 2 N–H and O–H groups in total. The van der Waals surface area contributed by atoms with Gasteiger partial charge in [-0.2, -0.15) is 5.10 Å². The molecule has 0 saturated carbocycles. The Labute approximate surface area is 153 Å². The number of carbonyl (C=O) groups excluding carboxylic acids is 1. The van der Waals surface area contributed by atoms with E-state index < -0.39 is 0 Å². The maximum atomic E-state index is 12.7. The first kappa shape index (κ1) is 17.7. The van der Waals surface area contributed by atoms with Gasteiger partial charge in [-0.15, -0.1) is 0 Å². The van der Waals surface area contributed by atoms with Crippen LogP contribution in [0, 0.1) is 0 Å². The minimum Gasteiger partial charge on any atom is -0.508 e. The lowest BCUT2D eigenvalue weighted by atomic mass is 10.0. The van der Waals surface area contributed by atoms with Crippen molar-refractivity contribution in [3.05, 3.63) is 83.2 Å². The number of aryl methyl sites for hydroxylation is 1. The predicted octanol–water partition coefficient (Wildman–Crippen LogP) is 3.08. The van der Waals surface area contributed by atoms with E-state index in [4.69, 9.17) is 0 Å². The van der Waals surface area contributed by atoms with E-state index in [9.17, 15) is 9.90 Å².